The van der Waals surface area contributed by atoms with Gasteiger partial charge in [0, 0.05) is 18.3 Å². The molecule has 0 heterocycles. The summed E-state index contributed by atoms with van der Waals surface area (Å²) < 4.78 is 23.8. The Hall–Kier alpha value is -1.07. The third-order valence-corrected chi connectivity index (χ3v) is 6.03. The van der Waals surface area contributed by atoms with Crippen molar-refractivity contribution in [2.75, 3.05) is 23.7 Å². The van der Waals surface area contributed by atoms with E-state index < -0.39 is 9.84 Å². The van der Waals surface area contributed by atoms with Crippen molar-refractivity contribution in [2.45, 2.75) is 50.0 Å². The molecule has 118 valence electrons. The molecular weight excluding hydrogens is 284 g/mol. The molecule has 1 aliphatic rings. The number of hydrogen-bond acceptors (Lipinski definition) is 4. The van der Waals surface area contributed by atoms with Gasteiger partial charge in [-0.2, -0.15) is 0 Å². The second-order valence-corrected chi connectivity index (χ2v) is 7.95. The predicted octanol–water partition coefficient (Wildman–Crippen LogP) is 2.58. The SMILES string of the molecule is CCS(=O)(=O)c1ccc(N(CCCN)C2CCCC2)cc1. The maximum Gasteiger partial charge on any atom is 0.178 e. The minimum Gasteiger partial charge on any atom is -0.369 e. The minimum absolute atomic E-state index is 0.145. The largest absolute Gasteiger partial charge is 0.369 e. The van der Waals surface area contributed by atoms with Crippen LogP contribution < -0.4 is 10.6 Å². The van der Waals surface area contributed by atoms with E-state index in [1.807, 2.05) is 12.1 Å². The summed E-state index contributed by atoms with van der Waals surface area (Å²) in [4.78, 5) is 2.82. The highest BCUT2D eigenvalue weighted by Gasteiger charge is 2.23. The molecule has 4 nitrogen and oxygen atoms in total. The Labute approximate surface area is 128 Å². The van der Waals surface area contributed by atoms with Crippen LogP contribution in [-0.2, 0) is 9.84 Å². The zero-order chi connectivity index (χ0) is 15.3. The molecule has 0 atom stereocenters. The van der Waals surface area contributed by atoms with E-state index in [1.165, 1.54) is 25.7 Å². The quantitative estimate of drug-likeness (QED) is 0.841. The van der Waals surface area contributed by atoms with Gasteiger partial charge in [-0.1, -0.05) is 19.8 Å². The summed E-state index contributed by atoms with van der Waals surface area (Å²) in [6.45, 7) is 3.31. The first-order chi connectivity index (χ1) is 10.1. The lowest BCUT2D eigenvalue weighted by Gasteiger charge is -2.31. The molecule has 0 amide bonds. The Balaban J connectivity index is 2.19. The van der Waals surface area contributed by atoms with Crippen LogP contribution in [0, 0.1) is 0 Å². The second kappa shape index (κ2) is 7.27. The highest BCUT2D eigenvalue weighted by molar-refractivity contribution is 7.91. The van der Waals surface area contributed by atoms with Crippen molar-refractivity contribution in [3.8, 4) is 0 Å². The molecule has 0 unspecified atom stereocenters. The van der Waals surface area contributed by atoms with E-state index in [-0.39, 0.29) is 5.75 Å². The molecule has 1 fully saturated rings. The highest BCUT2D eigenvalue weighted by Crippen LogP contribution is 2.29. The summed E-state index contributed by atoms with van der Waals surface area (Å²) in [5, 5.41) is 0. The molecule has 0 bridgehead atoms. The van der Waals surface area contributed by atoms with Crippen LogP contribution in [0.5, 0.6) is 0 Å². The van der Waals surface area contributed by atoms with E-state index in [4.69, 9.17) is 5.73 Å². The molecule has 21 heavy (non-hydrogen) atoms. The maximum absolute atomic E-state index is 11.9. The molecule has 0 spiro atoms. The van der Waals surface area contributed by atoms with Crippen molar-refractivity contribution in [3.05, 3.63) is 24.3 Å². The van der Waals surface area contributed by atoms with Gasteiger partial charge in [-0.15, -0.1) is 0 Å². The van der Waals surface area contributed by atoms with E-state index in [2.05, 4.69) is 4.90 Å². The van der Waals surface area contributed by atoms with Crippen LogP contribution in [-0.4, -0.2) is 33.3 Å². The average Bonchev–Trinajstić information content (AvgIpc) is 3.02. The maximum atomic E-state index is 11.9. The molecule has 1 aliphatic carbocycles. The summed E-state index contributed by atoms with van der Waals surface area (Å²) in [5.41, 5.74) is 6.76. The van der Waals surface area contributed by atoms with Crippen LogP contribution >= 0.6 is 0 Å². The first kappa shape index (κ1) is 16.3. The first-order valence-corrected chi connectivity index (χ1v) is 9.53. The van der Waals surface area contributed by atoms with Gasteiger partial charge < -0.3 is 10.6 Å². The van der Waals surface area contributed by atoms with E-state index in [0.717, 1.165) is 18.7 Å². The van der Waals surface area contributed by atoms with Crippen molar-refractivity contribution in [2.24, 2.45) is 5.73 Å². The number of hydrogen-bond donors (Lipinski definition) is 1. The normalized spacial score (nSPS) is 16.3. The molecule has 2 N–H and O–H groups in total. The monoisotopic (exact) mass is 310 g/mol. The molecule has 2 rings (SSSR count). The van der Waals surface area contributed by atoms with Crippen LogP contribution in [0.1, 0.15) is 39.0 Å². The second-order valence-electron chi connectivity index (χ2n) is 5.67. The van der Waals surface area contributed by atoms with E-state index in [1.54, 1.807) is 19.1 Å². The Morgan fingerprint density at radius 2 is 1.81 bits per heavy atom. The third kappa shape index (κ3) is 3.98. The lowest BCUT2D eigenvalue weighted by Crippen LogP contribution is -2.35. The average molecular weight is 310 g/mol. The van der Waals surface area contributed by atoms with Gasteiger partial charge in [-0.25, -0.2) is 8.42 Å². The highest BCUT2D eigenvalue weighted by atomic mass is 32.2. The fourth-order valence-electron chi connectivity index (χ4n) is 3.01. The third-order valence-electron chi connectivity index (χ3n) is 4.28. The van der Waals surface area contributed by atoms with Gasteiger partial charge in [0.15, 0.2) is 9.84 Å². The van der Waals surface area contributed by atoms with E-state index in [0.29, 0.717) is 17.5 Å². The van der Waals surface area contributed by atoms with Crippen molar-refractivity contribution in [3.63, 3.8) is 0 Å². The number of nitrogens with two attached hydrogens (primary N) is 1. The summed E-state index contributed by atoms with van der Waals surface area (Å²) >= 11 is 0. The lowest BCUT2D eigenvalue weighted by atomic mass is 10.1. The number of anilines is 1. The van der Waals surface area contributed by atoms with Crippen molar-refractivity contribution in [1.29, 1.82) is 0 Å². The number of sulfone groups is 1. The molecular formula is C16H26N2O2S. The fraction of sp³-hybridized carbons (Fsp3) is 0.625. The summed E-state index contributed by atoms with van der Waals surface area (Å²) in [6, 6.07) is 7.93. The summed E-state index contributed by atoms with van der Waals surface area (Å²) in [6.07, 6.45) is 5.98. The van der Waals surface area contributed by atoms with Gasteiger partial charge in [-0.05, 0) is 50.1 Å². The van der Waals surface area contributed by atoms with Crippen LogP contribution in [0.2, 0.25) is 0 Å². The van der Waals surface area contributed by atoms with E-state index >= 15 is 0 Å². The van der Waals surface area contributed by atoms with Gasteiger partial charge >= 0.3 is 0 Å². The van der Waals surface area contributed by atoms with Gasteiger partial charge in [0.2, 0.25) is 0 Å². The zero-order valence-electron chi connectivity index (χ0n) is 12.8. The number of benzene rings is 1. The zero-order valence-corrected chi connectivity index (χ0v) is 13.6. The summed E-state index contributed by atoms with van der Waals surface area (Å²) in [5.74, 6) is 0.145. The Morgan fingerprint density at radius 1 is 1.19 bits per heavy atom. The Kier molecular flexibility index (Phi) is 5.65. The van der Waals surface area contributed by atoms with Crippen molar-refractivity contribution < 1.29 is 8.42 Å². The molecule has 0 aromatic heterocycles. The fourth-order valence-corrected chi connectivity index (χ4v) is 3.90. The Morgan fingerprint density at radius 3 is 2.33 bits per heavy atom. The van der Waals surface area contributed by atoms with Crippen LogP contribution in [0.4, 0.5) is 5.69 Å². The van der Waals surface area contributed by atoms with Gasteiger partial charge in [0.1, 0.15) is 0 Å². The van der Waals surface area contributed by atoms with Gasteiger partial charge in [-0.3, -0.25) is 0 Å². The van der Waals surface area contributed by atoms with Crippen LogP contribution in [0.3, 0.4) is 0 Å². The number of rotatable bonds is 7. The molecule has 0 aliphatic heterocycles. The molecule has 5 heteroatoms. The minimum atomic E-state index is -3.12. The molecule has 1 aromatic rings. The summed E-state index contributed by atoms with van der Waals surface area (Å²) in [7, 11) is -3.12. The van der Waals surface area contributed by atoms with Gasteiger partial charge in [0.25, 0.3) is 0 Å². The van der Waals surface area contributed by atoms with Gasteiger partial charge in [0.05, 0.1) is 10.6 Å². The van der Waals surface area contributed by atoms with Crippen molar-refractivity contribution in [1.82, 2.24) is 0 Å². The van der Waals surface area contributed by atoms with Crippen LogP contribution in [0.15, 0.2) is 29.2 Å². The number of nitrogens with zero attached hydrogens (tertiary/aromatic N) is 1. The first-order valence-electron chi connectivity index (χ1n) is 7.88. The van der Waals surface area contributed by atoms with E-state index in [9.17, 15) is 8.42 Å². The van der Waals surface area contributed by atoms with Crippen molar-refractivity contribution >= 4 is 15.5 Å². The molecule has 0 radical (unpaired) electrons. The predicted molar refractivity (Wildman–Crippen MR) is 87.4 cm³/mol. The lowest BCUT2D eigenvalue weighted by molar-refractivity contribution is 0.592. The molecule has 1 aromatic carbocycles. The smallest absolute Gasteiger partial charge is 0.178 e. The Bertz CT molecular complexity index is 534. The molecule has 0 saturated heterocycles. The molecule has 1 saturated carbocycles. The topological polar surface area (TPSA) is 63.4 Å². The van der Waals surface area contributed by atoms with Crippen LogP contribution in [0.25, 0.3) is 0 Å². The standard InChI is InChI=1S/C16H26N2O2S/c1-2-21(19,20)16-10-8-15(9-11-16)18(13-5-12-17)14-6-3-4-7-14/h8-11,14H,2-7,12-13,17H2,1H3.